The van der Waals surface area contributed by atoms with Crippen molar-refractivity contribution in [2.75, 3.05) is 20.2 Å². The third-order valence-electron chi connectivity index (χ3n) is 4.77. The molecule has 2 aliphatic rings. The van der Waals surface area contributed by atoms with Gasteiger partial charge in [0.05, 0.1) is 5.69 Å². The molecule has 1 aromatic rings. The maximum Gasteiger partial charge on any atom is 0.315 e. The summed E-state index contributed by atoms with van der Waals surface area (Å²) >= 11 is 0. The number of hydrogen-bond acceptors (Lipinski definition) is 4. The number of ether oxygens (including phenoxy) is 1. The number of piperidine rings is 1. The van der Waals surface area contributed by atoms with Crippen LogP contribution in [0.25, 0.3) is 0 Å². The highest BCUT2D eigenvalue weighted by molar-refractivity contribution is 5.87. The normalized spacial score (nSPS) is 27.8. The van der Waals surface area contributed by atoms with Gasteiger partial charge in [0, 0.05) is 39.5 Å². The van der Waals surface area contributed by atoms with Crippen molar-refractivity contribution in [1.29, 1.82) is 0 Å². The van der Waals surface area contributed by atoms with Crippen molar-refractivity contribution in [3.05, 3.63) is 18.0 Å². The van der Waals surface area contributed by atoms with E-state index in [1.807, 2.05) is 13.1 Å². The van der Waals surface area contributed by atoms with Crippen molar-refractivity contribution in [2.24, 2.45) is 7.05 Å². The lowest BCUT2D eigenvalue weighted by Crippen LogP contribution is -2.55. The molecule has 0 saturated carbocycles. The topological polar surface area (TPSA) is 88.5 Å². The average Bonchev–Trinajstić information content (AvgIpc) is 2.98. The van der Waals surface area contributed by atoms with Gasteiger partial charge in [0.2, 0.25) is 5.91 Å². The highest BCUT2D eigenvalue weighted by Gasteiger charge is 2.30. The van der Waals surface area contributed by atoms with Gasteiger partial charge in [0.1, 0.15) is 12.1 Å². The van der Waals surface area contributed by atoms with Gasteiger partial charge in [-0.3, -0.25) is 9.48 Å². The van der Waals surface area contributed by atoms with Crippen LogP contribution >= 0.6 is 0 Å². The van der Waals surface area contributed by atoms with E-state index in [1.165, 1.54) is 0 Å². The minimum absolute atomic E-state index is 0.0175. The van der Waals surface area contributed by atoms with Gasteiger partial charge in [-0.1, -0.05) is 0 Å². The molecule has 2 aliphatic heterocycles. The zero-order valence-electron chi connectivity index (χ0n) is 14.2. The quantitative estimate of drug-likeness (QED) is 0.845. The molecule has 2 fully saturated rings. The third kappa shape index (κ3) is 3.69. The highest BCUT2D eigenvalue weighted by Crippen LogP contribution is 2.27. The van der Waals surface area contributed by atoms with E-state index in [9.17, 15) is 9.59 Å². The standard InChI is InChI=1S/C16H25N5O3/c1-20-8-3-4-12(15(20)22)19-16(23)18-11-6-9-24-14(10-11)13-5-7-17-21(13)2/h5,7,11-12,14H,3-4,6,8-10H2,1-2H3,(H2,18,19,23). The van der Waals surface area contributed by atoms with Crippen LogP contribution in [0.2, 0.25) is 0 Å². The second kappa shape index (κ2) is 7.21. The Morgan fingerprint density at radius 1 is 1.33 bits per heavy atom. The van der Waals surface area contributed by atoms with Crippen molar-refractivity contribution in [1.82, 2.24) is 25.3 Å². The number of carbonyl (C=O) groups is 2. The van der Waals surface area contributed by atoms with Crippen LogP contribution in [0.5, 0.6) is 0 Å². The number of amides is 3. The van der Waals surface area contributed by atoms with Gasteiger partial charge in [-0.2, -0.15) is 5.10 Å². The fourth-order valence-electron chi connectivity index (χ4n) is 3.39. The Morgan fingerprint density at radius 2 is 2.17 bits per heavy atom. The molecule has 3 rings (SSSR count). The molecule has 3 amide bonds. The number of aryl methyl sites for hydroxylation is 1. The predicted molar refractivity (Wildman–Crippen MR) is 87.2 cm³/mol. The summed E-state index contributed by atoms with van der Waals surface area (Å²) in [6.07, 6.45) is 4.74. The Kier molecular flexibility index (Phi) is 5.03. The molecule has 0 radical (unpaired) electrons. The average molecular weight is 335 g/mol. The number of urea groups is 1. The molecule has 24 heavy (non-hydrogen) atoms. The monoisotopic (exact) mass is 335 g/mol. The van der Waals surface area contributed by atoms with Crippen molar-refractivity contribution >= 4 is 11.9 Å². The highest BCUT2D eigenvalue weighted by atomic mass is 16.5. The largest absolute Gasteiger partial charge is 0.372 e. The number of nitrogens with zero attached hydrogens (tertiary/aromatic N) is 3. The van der Waals surface area contributed by atoms with Crippen molar-refractivity contribution in [2.45, 2.75) is 43.9 Å². The molecule has 0 spiro atoms. The Balaban J connectivity index is 1.52. The van der Waals surface area contributed by atoms with Crippen LogP contribution in [-0.4, -0.2) is 58.9 Å². The van der Waals surface area contributed by atoms with Gasteiger partial charge >= 0.3 is 6.03 Å². The van der Waals surface area contributed by atoms with Crippen LogP contribution in [-0.2, 0) is 16.6 Å². The number of nitrogens with one attached hydrogen (secondary N) is 2. The summed E-state index contributed by atoms with van der Waals surface area (Å²) in [5, 5.41) is 9.96. The van der Waals surface area contributed by atoms with Crippen molar-refractivity contribution in [3.63, 3.8) is 0 Å². The number of likely N-dealkylation sites (tertiary alicyclic amines) is 1. The molecule has 2 saturated heterocycles. The molecule has 132 valence electrons. The third-order valence-corrected chi connectivity index (χ3v) is 4.77. The molecule has 2 N–H and O–H groups in total. The van der Waals surface area contributed by atoms with Gasteiger partial charge in [-0.15, -0.1) is 0 Å². The zero-order valence-corrected chi connectivity index (χ0v) is 14.2. The Labute approximate surface area is 141 Å². The van der Waals surface area contributed by atoms with E-state index in [0.29, 0.717) is 19.4 Å². The van der Waals surface area contributed by atoms with Crippen LogP contribution < -0.4 is 10.6 Å². The molecular formula is C16H25N5O3. The van der Waals surface area contributed by atoms with E-state index in [2.05, 4.69) is 15.7 Å². The summed E-state index contributed by atoms with van der Waals surface area (Å²) in [5.41, 5.74) is 1.01. The van der Waals surface area contributed by atoms with Gasteiger partial charge < -0.3 is 20.3 Å². The Bertz CT molecular complexity index is 602. The fraction of sp³-hybridized carbons (Fsp3) is 0.688. The molecule has 0 aliphatic carbocycles. The van der Waals surface area contributed by atoms with E-state index >= 15 is 0 Å². The van der Waals surface area contributed by atoms with Crippen LogP contribution in [0.4, 0.5) is 4.79 Å². The molecule has 1 aromatic heterocycles. The van der Waals surface area contributed by atoms with Crippen LogP contribution in [0.1, 0.15) is 37.5 Å². The predicted octanol–water partition coefficient (Wildman–Crippen LogP) is 0.560. The molecule has 3 atom stereocenters. The second-order valence-corrected chi connectivity index (χ2v) is 6.53. The van der Waals surface area contributed by atoms with Crippen molar-refractivity contribution in [3.8, 4) is 0 Å². The Hall–Kier alpha value is -2.09. The number of hydrogen-bond donors (Lipinski definition) is 2. The summed E-state index contributed by atoms with van der Waals surface area (Å²) in [6.45, 7) is 1.34. The van der Waals surface area contributed by atoms with Crippen LogP contribution in [0.3, 0.4) is 0 Å². The van der Waals surface area contributed by atoms with E-state index in [0.717, 1.165) is 25.1 Å². The summed E-state index contributed by atoms with van der Waals surface area (Å²) < 4.78 is 7.60. The molecule has 0 bridgehead atoms. The summed E-state index contributed by atoms with van der Waals surface area (Å²) in [4.78, 5) is 26.0. The van der Waals surface area contributed by atoms with Gasteiger partial charge in [-0.25, -0.2) is 4.79 Å². The molecule has 8 heteroatoms. The first-order chi connectivity index (χ1) is 11.5. The molecule has 3 unspecified atom stereocenters. The van der Waals surface area contributed by atoms with Crippen LogP contribution in [0.15, 0.2) is 12.3 Å². The molecule has 8 nitrogen and oxygen atoms in total. The lowest BCUT2D eigenvalue weighted by molar-refractivity contribution is -0.134. The molecule has 0 aromatic carbocycles. The van der Waals surface area contributed by atoms with E-state index in [4.69, 9.17) is 4.74 Å². The minimum Gasteiger partial charge on any atom is -0.372 e. The molecule has 3 heterocycles. The van der Waals surface area contributed by atoms with E-state index in [1.54, 1.807) is 22.8 Å². The van der Waals surface area contributed by atoms with Gasteiger partial charge in [0.15, 0.2) is 0 Å². The summed E-state index contributed by atoms with van der Waals surface area (Å²) in [7, 11) is 3.65. The SMILES string of the molecule is CN1CCCC(NC(=O)NC2CCOC(c3ccnn3C)C2)C1=O. The van der Waals surface area contributed by atoms with E-state index in [-0.39, 0.29) is 24.1 Å². The fourth-order valence-corrected chi connectivity index (χ4v) is 3.39. The lowest BCUT2D eigenvalue weighted by atomic mass is 10.0. The number of rotatable bonds is 3. The first-order valence-corrected chi connectivity index (χ1v) is 8.46. The first kappa shape index (κ1) is 16.8. The zero-order chi connectivity index (χ0) is 17.1. The van der Waals surface area contributed by atoms with Crippen LogP contribution in [0, 0.1) is 0 Å². The van der Waals surface area contributed by atoms with Gasteiger partial charge in [-0.05, 0) is 31.7 Å². The first-order valence-electron chi connectivity index (χ1n) is 8.46. The Morgan fingerprint density at radius 3 is 2.92 bits per heavy atom. The molecular weight excluding hydrogens is 310 g/mol. The lowest BCUT2D eigenvalue weighted by Gasteiger charge is -2.32. The minimum atomic E-state index is -0.420. The second-order valence-electron chi connectivity index (χ2n) is 6.53. The number of likely N-dealkylation sites (N-methyl/N-ethyl adjacent to an activating group) is 1. The van der Waals surface area contributed by atoms with E-state index < -0.39 is 6.04 Å². The maximum atomic E-state index is 12.2. The smallest absolute Gasteiger partial charge is 0.315 e. The number of aromatic nitrogens is 2. The van der Waals surface area contributed by atoms with Gasteiger partial charge in [0.25, 0.3) is 0 Å². The number of carbonyl (C=O) groups excluding carboxylic acids is 2. The summed E-state index contributed by atoms with van der Waals surface area (Å²) in [6, 6.07) is 1.26. The summed E-state index contributed by atoms with van der Waals surface area (Å²) in [5.74, 6) is -0.0175. The maximum absolute atomic E-state index is 12.2. The van der Waals surface area contributed by atoms with Crippen molar-refractivity contribution < 1.29 is 14.3 Å².